The van der Waals surface area contributed by atoms with Gasteiger partial charge in [0.1, 0.15) is 0 Å². The second-order valence-electron chi connectivity index (χ2n) is 4.27. The van der Waals surface area contributed by atoms with Crippen LogP contribution in [0.2, 0.25) is 0 Å². The molecule has 0 heterocycles. The zero-order valence-electron chi connectivity index (χ0n) is 11.9. The Hall–Kier alpha value is -3.14. The molecular formula is C18H16O4. The fourth-order valence-electron chi connectivity index (χ4n) is 1.60. The maximum Gasteiger partial charge on any atom is 0.335 e. The van der Waals surface area contributed by atoms with E-state index in [-0.39, 0.29) is 0 Å². The minimum atomic E-state index is -0.909. The Bertz CT molecular complexity index is 640. The van der Waals surface area contributed by atoms with Gasteiger partial charge in [0.2, 0.25) is 0 Å². The van der Waals surface area contributed by atoms with Gasteiger partial charge in [-0.15, -0.1) is 0 Å². The van der Waals surface area contributed by atoms with Gasteiger partial charge in [0, 0.05) is 0 Å². The molecule has 2 aromatic rings. The van der Waals surface area contributed by atoms with Crippen LogP contribution in [-0.4, -0.2) is 22.2 Å². The van der Waals surface area contributed by atoms with E-state index in [1.54, 1.807) is 60.7 Å². The molecule has 4 nitrogen and oxygen atoms in total. The largest absolute Gasteiger partial charge is 0.478 e. The van der Waals surface area contributed by atoms with E-state index in [4.69, 9.17) is 10.2 Å². The Morgan fingerprint density at radius 3 is 1.41 bits per heavy atom. The zero-order chi connectivity index (χ0) is 16.5. The predicted molar refractivity (Wildman–Crippen MR) is 87.0 cm³/mol. The maximum atomic E-state index is 10.4. The van der Waals surface area contributed by atoms with Gasteiger partial charge in [-0.1, -0.05) is 49.6 Å². The van der Waals surface area contributed by atoms with Crippen molar-refractivity contribution in [3.8, 4) is 0 Å². The Balaban J connectivity index is 0.000000220. The van der Waals surface area contributed by atoms with Crippen LogP contribution in [0.4, 0.5) is 0 Å². The van der Waals surface area contributed by atoms with Crippen molar-refractivity contribution in [1.29, 1.82) is 0 Å². The number of rotatable bonds is 4. The molecule has 0 saturated carbocycles. The molecule has 0 amide bonds. The van der Waals surface area contributed by atoms with E-state index in [1.165, 1.54) is 0 Å². The van der Waals surface area contributed by atoms with Gasteiger partial charge in [0.25, 0.3) is 0 Å². The van der Waals surface area contributed by atoms with Crippen LogP contribution in [0.25, 0.3) is 12.2 Å². The molecule has 0 fully saturated rings. The summed E-state index contributed by atoms with van der Waals surface area (Å²) < 4.78 is 0. The topological polar surface area (TPSA) is 74.6 Å². The molecule has 0 spiro atoms. The smallest absolute Gasteiger partial charge is 0.335 e. The number of carboxylic acids is 2. The second kappa shape index (κ2) is 8.21. The fourth-order valence-corrected chi connectivity index (χ4v) is 1.60. The number of aromatic carboxylic acids is 2. The number of benzene rings is 2. The Morgan fingerprint density at radius 1 is 0.773 bits per heavy atom. The molecular weight excluding hydrogens is 280 g/mol. The van der Waals surface area contributed by atoms with Gasteiger partial charge in [-0.05, 0) is 35.4 Å². The lowest BCUT2D eigenvalue weighted by Gasteiger charge is -1.94. The number of carbonyl (C=O) groups is 2. The molecule has 0 aliphatic heterocycles. The molecule has 2 N–H and O–H groups in total. The summed E-state index contributed by atoms with van der Waals surface area (Å²) in [6.45, 7) is 7.08. The highest BCUT2D eigenvalue weighted by molar-refractivity contribution is 5.88. The normalized spacial score (nSPS) is 9.09. The van der Waals surface area contributed by atoms with Crippen LogP contribution >= 0.6 is 0 Å². The summed E-state index contributed by atoms with van der Waals surface area (Å²) in [4.78, 5) is 20.9. The molecule has 2 rings (SSSR count). The fraction of sp³-hybridized carbons (Fsp3) is 0. The highest BCUT2D eigenvalue weighted by Gasteiger charge is 2.00. The van der Waals surface area contributed by atoms with Crippen LogP contribution in [0.3, 0.4) is 0 Å². The third kappa shape index (κ3) is 5.09. The van der Waals surface area contributed by atoms with Crippen LogP contribution in [0.5, 0.6) is 0 Å². The van der Waals surface area contributed by atoms with E-state index in [0.29, 0.717) is 11.1 Å². The lowest BCUT2D eigenvalue weighted by Crippen LogP contribution is -1.95. The Labute approximate surface area is 128 Å². The summed E-state index contributed by atoms with van der Waals surface area (Å²) in [5, 5.41) is 17.1. The molecule has 0 aliphatic carbocycles. The molecule has 0 bridgehead atoms. The maximum absolute atomic E-state index is 10.4. The van der Waals surface area contributed by atoms with Gasteiger partial charge in [-0.3, -0.25) is 0 Å². The summed E-state index contributed by atoms with van der Waals surface area (Å²) in [5.41, 5.74) is 2.24. The van der Waals surface area contributed by atoms with E-state index < -0.39 is 11.9 Å². The van der Waals surface area contributed by atoms with Crippen molar-refractivity contribution in [2.24, 2.45) is 0 Å². The van der Waals surface area contributed by atoms with Crippen molar-refractivity contribution in [3.63, 3.8) is 0 Å². The first-order valence-electron chi connectivity index (χ1n) is 6.39. The first-order chi connectivity index (χ1) is 10.5. The Kier molecular flexibility index (Phi) is 6.32. The van der Waals surface area contributed by atoms with Crippen LogP contribution in [-0.2, 0) is 0 Å². The minimum Gasteiger partial charge on any atom is -0.478 e. The molecule has 0 unspecified atom stereocenters. The molecule has 0 aliphatic rings. The molecule has 4 heteroatoms. The van der Waals surface area contributed by atoms with Crippen molar-refractivity contribution in [1.82, 2.24) is 0 Å². The van der Waals surface area contributed by atoms with E-state index >= 15 is 0 Å². The third-order valence-electron chi connectivity index (χ3n) is 2.74. The van der Waals surface area contributed by atoms with Gasteiger partial charge in [-0.2, -0.15) is 0 Å². The predicted octanol–water partition coefficient (Wildman–Crippen LogP) is 4.06. The van der Waals surface area contributed by atoms with Crippen LogP contribution in [0.1, 0.15) is 31.8 Å². The molecule has 0 radical (unpaired) electrons. The van der Waals surface area contributed by atoms with Crippen molar-refractivity contribution in [3.05, 3.63) is 83.9 Å². The number of carboxylic acid groups (broad SMARTS) is 2. The average Bonchev–Trinajstić information content (AvgIpc) is 2.55. The Morgan fingerprint density at radius 2 is 1.14 bits per heavy atom. The highest BCUT2D eigenvalue weighted by Crippen LogP contribution is 2.06. The summed E-state index contributed by atoms with van der Waals surface area (Å²) in [7, 11) is 0. The first kappa shape index (κ1) is 16.9. The number of hydrogen-bond donors (Lipinski definition) is 2. The second-order valence-corrected chi connectivity index (χ2v) is 4.27. The average molecular weight is 296 g/mol. The summed E-state index contributed by atoms with van der Waals surface area (Å²) in [6.07, 6.45) is 3.24. The third-order valence-corrected chi connectivity index (χ3v) is 2.74. The molecule has 112 valence electrons. The van der Waals surface area contributed by atoms with Crippen LogP contribution in [0.15, 0.2) is 61.7 Å². The molecule has 0 aromatic heterocycles. The van der Waals surface area contributed by atoms with Gasteiger partial charge >= 0.3 is 11.9 Å². The quantitative estimate of drug-likeness (QED) is 0.892. The molecule has 2 aromatic carbocycles. The molecule has 0 atom stereocenters. The highest BCUT2D eigenvalue weighted by atomic mass is 16.4. The van der Waals surface area contributed by atoms with E-state index in [0.717, 1.165) is 11.1 Å². The van der Waals surface area contributed by atoms with Crippen molar-refractivity contribution >= 4 is 24.1 Å². The van der Waals surface area contributed by atoms with E-state index in [9.17, 15) is 9.59 Å². The van der Waals surface area contributed by atoms with Crippen LogP contribution < -0.4 is 0 Å². The lowest BCUT2D eigenvalue weighted by molar-refractivity contribution is 0.0686. The minimum absolute atomic E-state index is 0.294. The standard InChI is InChI=1S/2C9H8O2/c2*1-2-7-4-3-5-8(6-7)9(10)11/h2*2-6H,1H2,(H,10,11). The summed E-state index contributed by atoms with van der Waals surface area (Å²) in [6, 6.07) is 13.3. The number of hydrogen-bond acceptors (Lipinski definition) is 2. The molecule has 0 saturated heterocycles. The zero-order valence-corrected chi connectivity index (χ0v) is 11.9. The van der Waals surface area contributed by atoms with Gasteiger partial charge in [0.05, 0.1) is 11.1 Å². The van der Waals surface area contributed by atoms with Gasteiger partial charge in [-0.25, -0.2) is 9.59 Å². The first-order valence-corrected chi connectivity index (χ1v) is 6.39. The monoisotopic (exact) mass is 296 g/mol. The van der Waals surface area contributed by atoms with E-state index in [1.807, 2.05) is 0 Å². The van der Waals surface area contributed by atoms with Crippen LogP contribution in [0, 0.1) is 0 Å². The van der Waals surface area contributed by atoms with Crippen molar-refractivity contribution in [2.45, 2.75) is 0 Å². The summed E-state index contributed by atoms with van der Waals surface area (Å²) in [5.74, 6) is -1.82. The van der Waals surface area contributed by atoms with Gasteiger partial charge < -0.3 is 10.2 Å². The van der Waals surface area contributed by atoms with Crippen molar-refractivity contribution in [2.75, 3.05) is 0 Å². The van der Waals surface area contributed by atoms with E-state index in [2.05, 4.69) is 13.2 Å². The lowest BCUT2D eigenvalue weighted by atomic mass is 10.1. The SMILES string of the molecule is C=Cc1cccc(C(=O)O)c1.C=Cc1cccc(C(=O)O)c1. The van der Waals surface area contributed by atoms with Crippen molar-refractivity contribution < 1.29 is 19.8 Å². The van der Waals surface area contributed by atoms with Gasteiger partial charge in [0.15, 0.2) is 0 Å². The summed E-state index contributed by atoms with van der Waals surface area (Å²) >= 11 is 0. The molecule has 22 heavy (non-hydrogen) atoms.